The molecule has 0 spiro atoms. The van der Waals surface area contributed by atoms with Crippen molar-refractivity contribution in [3.8, 4) is 11.5 Å². The zero-order valence-electron chi connectivity index (χ0n) is 13.8. The molecule has 25 heavy (non-hydrogen) atoms. The van der Waals surface area contributed by atoms with E-state index in [1.54, 1.807) is 29.9 Å². The number of hydrogen-bond acceptors (Lipinski definition) is 4. The number of nitrogens with one attached hydrogen (secondary N) is 1. The minimum absolute atomic E-state index is 0.337. The third kappa shape index (κ3) is 3.91. The minimum atomic E-state index is -0.337. The molecule has 0 radical (unpaired) electrons. The van der Waals surface area contributed by atoms with E-state index >= 15 is 0 Å². The molecular weight excluding hydrogens is 365 g/mol. The first kappa shape index (κ1) is 17.6. The number of rotatable bonds is 3. The Hall–Kier alpha value is -2.18. The van der Waals surface area contributed by atoms with Gasteiger partial charge in [-0.15, -0.1) is 0 Å². The van der Waals surface area contributed by atoms with Crippen LogP contribution in [0.1, 0.15) is 17.7 Å². The molecule has 0 aliphatic carbocycles. The molecule has 0 unspecified atom stereocenters. The Morgan fingerprint density at radius 2 is 1.96 bits per heavy atom. The van der Waals surface area contributed by atoms with Gasteiger partial charge in [-0.3, -0.25) is 9.48 Å². The molecule has 0 bridgehead atoms. The molecule has 8 heteroatoms. The van der Waals surface area contributed by atoms with Crippen LogP contribution in [0.3, 0.4) is 0 Å². The first-order valence-electron chi connectivity index (χ1n) is 7.73. The maximum atomic E-state index is 12.2. The quantitative estimate of drug-likeness (QED) is 0.819. The summed E-state index contributed by atoms with van der Waals surface area (Å²) in [7, 11) is 1.74. The van der Waals surface area contributed by atoms with Crippen molar-refractivity contribution < 1.29 is 14.3 Å². The SMILES string of the molecule is Cc1nn(C)c(Cl)c1/C=C/C(=O)Nc1cc2c(cc1Cl)OCCCO2. The van der Waals surface area contributed by atoms with E-state index in [-0.39, 0.29) is 5.91 Å². The Kier molecular flexibility index (Phi) is 5.20. The van der Waals surface area contributed by atoms with E-state index in [4.69, 9.17) is 32.7 Å². The van der Waals surface area contributed by atoms with Crippen LogP contribution in [0.2, 0.25) is 10.2 Å². The van der Waals surface area contributed by atoms with Gasteiger partial charge in [0.2, 0.25) is 5.91 Å². The largest absolute Gasteiger partial charge is 0.490 e. The number of benzene rings is 1. The number of carbonyl (C=O) groups excluding carboxylic acids is 1. The van der Waals surface area contributed by atoms with Crippen molar-refractivity contribution in [2.75, 3.05) is 18.5 Å². The van der Waals surface area contributed by atoms with Gasteiger partial charge in [-0.2, -0.15) is 5.10 Å². The Bertz CT molecular complexity index is 846. The van der Waals surface area contributed by atoms with Crippen LogP contribution in [0, 0.1) is 6.92 Å². The lowest BCUT2D eigenvalue weighted by Gasteiger charge is -2.11. The molecule has 6 nitrogen and oxygen atoms in total. The summed E-state index contributed by atoms with van der Waals surface area (Å²) in [5.74, 6) is 0.803. The van der Waals surface area contributed by atoms with Gasteiger partial charge in [-0.25, -0.2) is 0 Å². The monoisotopic (exact) mass is 381 g/mol. The summed E-state index contributed by atoms with van der Waals surface area (Å²) in [5, 5.41) is 7.77. The fourth-order valence-electron chi connectivity index (χ4n) is 2.45. The normalized spacial score (nSPS) is 13.8. The number of hydrogen-bond donors (Lipinski definition) is 1. The summed E-state index contributed by atoms with van der Waals surface area (Å²) in [6, 6.07) is 3.31. The Labute approximate surface area is 155 Å². The molecule has 1 aromatic carbocycles. The van der Waals surface area contributed by atoms with Crippen LogP contribution in [-0.2, 0) is 11.8 Å². The first-order valence-corrected chi connectivity index (χ1v) is 8.48. The lowest BCUT2D eigenvalue weighted by Crippen LogP contribution is -2.08. The van der Waals surface area contributed by atoms with Gasteiger partial charge in [0.25, 0.3) is 0 Å². The number of halogens is 2. The standard InChI is InChI=1S/C17H17Cl2N3O3/c1-10-11(17(19)22(2)21-10)4-5-16(23)20-13-9-15-14(8-12(13)18)24-6-3-7-25-15/h4-5,8-9H,3,6-7H2,1-2H3,(H,20,23)/b5-4+. The van der Waals surface area contributed by atoms with E-state index in [1.165, 1.54) is 6.08 Å². The van der Waals surface area contributed by atoms with Crippen molar-refractivity contribution in [1.82, 2.24) is 9.78 Å². The molecule has 1 aromatic heterocycles. The second-order valence-electron chi connectivity index (χ2n) is 5.57. The molecule has 132 valence electrons. The predicted octanol–water partition coefficient (Wildman–Crippen LogP) is 3.85. The van der Waals surface area contributed by atoms with Crippen molar-refractivity contribution in [3.05, 3.63) is 39.6 Å². The fourth-order valence-corrected chi connectivity index (χ4v) is 2.89. The maximum Gasteiger partial charge on any atom is 0.248 e. The Balaban J connectivity index is 1.77. The van der Waals surface area contributed by atoms with E-state index in [9.17, 15) is 4.79 Å². The summed E-state index contributed by atoms with van der Waals surface area (Å²) in [5.41, 5.74) is 1.89. The summed E-state index contributed by atoms with van der Waals surface area (Å²) in [4.78, 5) is 12.2. The average Bonchev–Trinajstić information content (AvgIpc) is 2.73. The first-order chi connectivity index (χ1) is 12.0. The van der Waals surface area contributed by atoms with Crippen molar-refractivity contribution in [1.29, 1.82) is 0 Å². The van der Waals surface area contributed by atoms with Crippen molar-refractivity contribution in [3.63, 3.8) is 0 Å². The molecule has 3 rings (SSSR count). The molecule has 1 aliphatic heterocycles. The van der Waals surface area contributed by atoms with E-state index in [0.717, 1.165) is 12.1 Å². The van der Waals surface area contributed by atoms with Crippen LogP contribution < -0.4 is 14.8 Å². The lowest BCUT2D eigenvalue weighted by atomic mass is 10.2. The molecule has 0 saturated carbocycles. The molecule has 2 aromatic rings. The van der Waals surface area contributed by atoms with Crippen LogP contribution in [-0.4, -0.2) is 28.9 Å². The second kappa shape index (κ2) is 7.37. The molecular formula is C17H17Cl2N3O3. The zero-order valence-corrected chi connectivity index (χ0v) is 15.3. The van der Waals surface area contributed by atoms with Gasteiger partial charge in [-0.05, 0) is 13.0 Å². The van der Waals surface area contributed by atoms with Gasteiger partial charge in [0, 0.05) is 37.2 Å². The fraction of sp³-hybridized carbons (Fsp3) is 0.294. The molecule has 1 amide bonds. The Morgan fingerprint density at radius 3 is 2.60 bits per heavy atom. The summed E-state index contributed by atoms with van der Waals surface area (Å²) in [6.07, 6.45) is 3.80. The highest BCUT2D eigenvalue weighted by molar-refractivity contribution is 6.34. The molecule has 1 aliphatic rings. The van der Waals surface area contributed by atoms with Gasteiger partial charge in [0.1, 0.15) is 5.15 Å². The van der Waals surface area contributed by atoms with Gasteiger partial charge < -0.3 is 14.8 Å². The molecule has 0 saturated heterocycles. The van der Waals surface area contributed by atoms with E-state index in [2.05, 4.69) is 10.4 Å². The van der Waals surface area contributed by atoms with Gasteiger partial charge in [0.15, 0.2) is 11.5 Å². The van der Waals surface area contributed by atoms with Crippen LogP contribution in [0.5, 0.6) is 11.5 Å². The zero-order chi connectivity index (χ0) is 18.0. The van der Waals surface area contributed by atoms with Crippen molar-refractivity contribution in [2.24, 2.45) is 7.05 Å². The average molecular weight is 382 g/mol. The number of nitrogens with zero attached hydrogens (tertiary/aromatic N) is 2. The number of anilines is 1. The highest BCUT2D eigenvalue weighted by Gasteiger charge is 2.15. The van der Waals surface area contributed by atoms with Crippen molar-refractivity contribution in [2.45, 2.75) is 13.3 Å². The summed E-state index contributed by atoms with van der Waals surface area (Å²) in [6.45, 7) is 2.95. The highest BCUT2D eigenvalue weighted by atomic mass is 35.5. The molecule has 2 heterocycles. The molecule has 0 fully saturated rings. The number of aryl methyl sites for hydroxylation is 2. The van der Waals surface area contributed by atoms with E-state index in [0.29, 0.717) is 46.1 Å². The molecule has 1 N–H and O–H groups in total. The second-order valence-corrected chi connectivity index (χ2v) is 6.33. The molecule has 0 atom stereocenters. The Morgan fingerprint density at radius 1 is 1.28 bits per heavy atom. The smallest absolute Gasteiger partial charge is 0.248 e. The van der Waals surface area contributed by atoms with Gasteiger partial charge in [0.05, 0.1) is 29.6 Å². The lowest BCUT2D eigenvalue weighted by molar-refractivity contribution is -0.111. The van der Waals surface area contributed by atoms with Crippen LogP contribution in [0.4, 0.5) is 5.69 Å². The third-order valence-corrected chi connectivity index (χ3v) is 4.45. The maximum absolute atomic E-state index is 12.2. The number of fused-ring (bicyclic) bond motifs is 1. The number of aromatic nitrogens is 2. The van der Waals surface area contributed by atoms with E-state index < -0.39 is 0 Å². The van der Waals surface area contributed by atoms with Crippen LogP contribution >= 0.6 is 23.2 Å². The number of ether oxygens (including phenoxy) is 2. The van der Waals surface area contributed by atoms with Crippen molar-refractivity contribution >= 4 is 40.9 Å². The van der Waals surface area contributed by atoms with Crippen LogP contribution in [0.15, 0.2) is 18.2 Å². The van der Waals surface area contributed by atoms with Gasteiger partial charge in [-0.1, -0.05) is 23.2 Å². The third-order valence-electron chi connectivity index (χ3n) is 3.69. The highest BCUT2D eigenvalue weighted by Crippen LogP contribution is 2.37. The summed E-state index contributed by atoms with van der Waals surface area (Å²) >= 11 is 12.4. The topological polar surface area (TPSA) is 65.4 Å². The predicted molar refractivity (Wildman–Crippen MR) is 97.7 cm³/mol. The van der Waals surface area contributed by atoms with Crippen LogP contribution in [0.25, 0.3) is 6.08 Å². The number of amides is 1. The summed E-state index contributed by atoms with van der Waals surface area (Å²) < 4.78 is 12.7. The van der Waals surface area contributed by atoms with Gasteiger partial charge >= 0.3 is 0 Å². The van der Waals surface area contributed by atoms with E-state index in [1.807, 2.05) is 6.92 Å². The minimum Gasteiger partial charge on any atom is -0.490 e. The number of carbonyl (C=O) groups is 1.